The number of likely N-dealkylation sites (tertiary alicyclic amines) is 1. The predicted octanol–water partition coefficient (Wildman–Crippen LogP) is 2.34. The molecule has 0 atom stereocenters. The van der Waals surface area contributed by atoms with Gasteiger partial charge in [0.1, 0.15) is 5.82 Å². The van der Waals surface area contributed by atoms with Gasteiger partial charge in [-0.25, -0.2) is 9.97 Å². The Balaban J connectivity index is 1.79. The number of nitrogens with zero attached hydrogens (tertiary/aromatic N) is 4. The van der Waals surface area contributed by atoms with Crippen LogP contribution >= 0.6 is 0 Å². The summed E-state index contributed by atoms with van der Waals surface area (Å²) < 4.78 is 0. The van der Waals surface area contributed by atoms with Crippen LogP contribution < -0.4 is 0 Å². The van der Waals surface area contributed by atoms with Crippen LogP contribution in [0.5, 0.6) is 0 Å². The number of hydrogen-bond donors (Lipinski definition) is 0. The Labute approximate surface area is 123 Å². The van der Waals surface area contributed by atoms with Crippen molar-refractivity contribution in [2.24, 2.45) is 5.92 Å². The molecule has 0 radical (unpaired) electrons. The van der Waals surface area contributed by atoms with E-state index in [4.69, 9.17) is 0 Å². The molecular weight excluding hydrogens is 248 g/mol. The minimum absolute atomic E-state index is 0.694. The summed E-state index contributed by atoms with van der Waals surface area (Å²) in [7, 11) is 2.22. The molecule has 0 amide bonds. The molecule has 4 heteroatoms. The first-order chi connectivity index (χ1) is 9.54. The zero-order valence-electron chi connectivity index (χ0n) is 13.3. The molecule has 0 bridgehead atoms. The van der Waals surface area contributed by atoms with Gasteiger partial charge in [0, 0.05) is 37.1 Å². The van der Waals surface area contributed by atoms with Gasteiger partial charge in [-0.05, 0) is 45.8 Å². The first-order valence-electron chi connectivity index (χ1n) is 7.74. The van der Waals surface area contributed by atoms with E-state index >= 15 is 0 Å². The Bertz CT molecular complexity index is 393. The molecule has 0 aromatic carbocycles. The maximum Gasteiger partial charge on any atom is 0.125 e. The van der Waals surface area contributed by atoms with Crippen molar-refractivity contribution in [2.45, 2.75) is 46.2 Å². The van der Waals surface area contributed by atoms with E-state index in [9.17, 15) is 0 Å². The second-order valence-electron chi connectivity index (χ2n) is 6.48. The molecule has 1 saturated heterocycles. The van der Waals surface area contributed by atoms with Crippen LogP contribution in [-0.2, 0) is 6.54 Å². The number of aromatic nitrogens is 2. The van der Waals surface area contributed by atoms with Crippen molar-refractivity contribution in [3.8, 4) is 0 Å². The van der Waals surface area contributed by atoms with E-state index < -0.39 is 0 Å². The molecule has 4 nitrogen and oxygen atoms in total. The molecule has 112 valence electrons. The third-order valence-electron chi connectivity index (χ3n) is 4.07. The average Bonchev–Trinajstić information content (AvgIpc) is 2.41. The topological polar surface area (TPSA) is 32.3 Å². The maximum absolute atomic E-state index is 4.28. The van der Waals surface area contributed by atoms with E-state index in [2.05, 4.69) is 40.7 Å². The zero-order chi connectivity index (χ0) is 14.5. The highest BCUT2D eigenvalue weighted by atomic mass is 15.2. The van der Waals surface area contributed by atoms with Gasteiger partial charge in [-0.2, -0.15) is 0 Å². The van der Waals surface area contributed by atoms with Crippen LogP contribution in [0.2, 0.25) is 0 Å². The van der Waals surface area contributed by atoms with Crippen molar-refractivity contribution >= 4 is 0 Å². The molecule has 1 fully saturated rings. The summed E-state index contributed by atoms with van der Waals surface area (Å²) in [5, 5.41) is 0. The van der Waals surface area contributed by atoms with Crippen LogP contribution in [0.15, 0.2) is 12.4 Å². The fourth-order valence-corrected chi connectivity index (χ4v) is 2.98. The Morgan fingerprint density at radius 1 is 1.25 bits per heavy atom. The summed E-state index contributed by atoms with van der Waals surface area (Å²) in [6, 6.07) is 0.694. The third kappa shape index (κ3) is 4.53. The molecule has 0 unspecified atom stereocenters. The Hall–Kier alpha value is -1.00. The smallest absolute Gasteiger partial charge is 0.125 e. The minimum atomic E-state index is 0.694. The van der Waals surface area contributed by atoms with Crippen LogP contribution in [-0.4, -0.2) is 52.5 Å². The lowest BCUT2D eigenvalue weighted by Crippen LogP contribution is -2.44. The monoisotopic (exact) mass is 276 g/mol. The SMILES string of the molecule is Cc1ncc(CN(C)C2CCN(CC(C)C)CC2)cn1. The maximum atomic E-state index is 4.28. The lowest BCUT2D eigenvalue weighted by atomic mass is 10.0. The quantitative estimate of drug-likeness (QED) is 0.826. The summed E-state index contributed by atoms with van der Waals surface area (Å²) in [6.07, 6.45) is 6.45. The molecule has 0 N–H and O–H groups in total. The van der Waals surface area contributed by atoms with E-state index in [0.29, 0.717) is 6.04 Å². The number of piperidine rings is 1. The summed E-state index contributed by atoms with van der Waals surface area (Å²) in [4.78, 5) is 13.6. The van der Waals surface area contributed by atoms with Crippen molar-refractivity contribution in [2.75, 3.05) is 26.7 Å². The van der Waals surface area contributed by atoms with Crippen molar-refractivity contribution in [3.05, 3.63) is 23.8 Å². The normalized spacial score (nSPS) is 18.1. The van der Waals surface area contributed by atoms with Crippen LogP contribution in [0.3, 0.4) is 0 Å². The standard InChI is InChI=1S/C16H28N4/c1-13(2)11-20-7-5-16(6-8-20)19(4)12-15-9-17-14(3)18-10-15/h9-10,13,16H,5-8,11-12H2,1-4H3. The Kier molecular flexibility index (Phi) is 5.49. The van der Waals surface area contributed by atoms with Crippen molar-refractivity contribution < 1.29 is 0 Å². The van der Waals surface area contributed by atoms with Gasteiger partial charge in [0.25, 0.3) is 0 Å². The van der Waals surface area contributed by atoms with E-state index in [0.717, 1.165) is 18.3 Å². The van der Waals surface area contributed by atoms with Crippen molar-refractivity contribution in [1.82, 2.24) is 19.8 Å². The minimum Gasteiger partial charge on any atom is -0.303 e. The van der Waals surface area contributed by atoms with Gasteiger partial charge in [-0.1, -0.05) is 13.8 Å². The predicted molar refractivity (Wildman–Crippen MR) is 82.5 cm³/mol. The largest absolute Gasteiger partial charge is 0.303 e. The van der Waals surface area contributed by atoms with E-state index in [1.54, 1.807) is 0 Å². The lowest BCUT2D eigenvalue weighted by Gasteiger charge is -2.37. The molecule has 1 aliphatic heterocycles. The summed E-state index contributed by atoms with van der Waals surface area (Å²) in [5.74, 6) is 1.62. The summed E-state index contributed by atoms with van der Waals surface area (Å²) >= 11 is 0. The molecule has 2 heterocycles. The van der Waals surface area contributed by atoms with Gasteiger partial charge in [-0.3, -0.25) is 4.90 Å². The first-order valence-corrected chi connectivity index (χ1v) is 7.74. The highest BCUT2D eigenvalue weighted by molar-refractivity contribution is 5.04. The van der Waals surface area contributed by atoms with Gasteiger partial charge in [0.05, 0.1) is 0 Å². The van der Waals surface area contributed by atoms with E-state index in [1.807, 2.05) is 19.3 Å². The van der Waals surface area contributed by atoms with E-state index in [1.165, 1.54) is 38.0 Å². The lowest BCUT2D eigenvalue weighted by molar-refractivity contribution is 0.115. The molecule has 1 aromatic heterocycles. The number of hydrogen-bond acceptors (Lipinski definition) is 4. The van der Waals surface area contributed by atoms with Gasteiger partial charge < -0.3 is 4.90 Å². The second kappa shape index (κ2) is 7.14. The highest BCUT2D eigenvalue weighted by Gasteiger charge is 2.22. The summed E-state index contributed by atoms with van der Waals surface area (Å²) in [6.45, 7) is 11.2. The van der Waals surface area contributed by atoms with Crippen LogP contribution in [0.1, 0.15) is 38.1 Å². The molecule has 1 aromatic rings. The van der Waals surface area contributed by atoms with E-state index in [-0.39, 0.29) is 0 Å². The van der Waals surface area contributed by atoms with Gasteiger partial charge in [-0.15, -0.1) is 0 Å². The van der Waals surface area contributed by atoms with Crippen LogP contribution in [0, 0.1) is 12.8 Å². The van der Waals surface area contributed by atoms with Gasteiger partial charge >= 0.3 is 0 Å². The highest BCUT2D eigenvalue weighted by Crippen LogP contribution is 2.18. The zero-order valence-corrected chi connectivity index (χ0v) is 13.3. The molecule has 0 aliphatic carbocycles. The van der Waals surface area contributed by atoms with Gasteiger partial charge in [0.2, 0.25) is 0 Å². The van der Waals surface area contributed by atoms with Crippen LogP contribution in [0.25, 0.3) is 0 Å². The molecule has 2 rings (SSSR count). The van der Waals surface area contributed by atoms with Crippen molar-refractivity contribution in [1.29, 1.82) is 0 Å². The average molecular weight is 276 g/mol. The first kappa shape index (κ1) is 15.4. The molecule has 1 aliphatic rings. The number of aryl methyl sites for hydroxylation is 1. The summed E-state index contributed by atoms with van der Waals surface area (Å²) in [5.41, 5.74) is 1.21. The Morgan fingerprint density at radius 2 is 1.85 bits per heavy atom. The Morgan fingerprint density at radius 3 is 2.40 bits per heavy atom. The van der Waals surface area contributed by atoms with Crippen LogP contribution in [0.4, 0.5) is 0 Å². The molecule has 0 saturated carbocycles. The fourth-order valence-electron chi connectivity index (χ4n) is 2.98. The fraction of sp³-hybridized carbons (Fsp3) is 0.750. The van der Waals surface area contributed by atoms with Crippen molar-refractivity contribution in [3.63, 3.8) is 0 Å². The second-order valence-corrected chi connectivity index (χ2v) is 6.48. The van der Waals surface area contributed by atoms with Gasteiger partial charge in [0.15, 0.2) is 0 Å². The molecule has 0 spiro atoms. The third-order valence-corrected chi connectivity index (χ3v) is 4.07. The number of rotatable bonds is 5. The molecule has 20 heavy (non-hydrogen) atoms. The molecular formula is C16H28N4.